The standard InChI is InChI=1S/C14H20N4S/c1-3-5-13-17-12(15)8-14(18-13)16-9-11-7-6-10(4-2)19-11/h6-8H,3-5,9H2,1-2H3,(H3,15,16,17,18). The van der Waals surface area contributed by atoms with Crippen LogP contribution in [0, 0.1) is 0 Å². The van der Waals surface area contributed by atoms with E-state index >= 15 is 0 Å². The SMILES string of the molecule is CCCc1nc(N)cc(NCc2ccc(CC)s2)n1. The summed E-state index contributed by atoms with van der Waals surface area (Å²) in [6.07, 6.45) is 2.97. The van der Waals surface area contributed by atoms with Crippen molar-refractivity contribution in [1.82, 2.24) is 9.97 Å². The van der Waals surface area contributed by atoms with Crippen LogP contribution in [0.25, 0.3) is 0 Å². The molecule has 5 heteroatoms. The Bertz CT molecular complexity index is 536. The summed E-state index contributed by atoms with van der Waals surface area (Å²) in [5.41, 5.74) is 5.80. The van der Waals surface area contributed by atoms with Crippen LogP contribution < -0.4 is 11.1 Å². The first-order chi connectivity index (χ1) is 9.21. The number of aromatic nitrogens is 2. The zero-order chi connectivity index (χ0) is 13.7. The van der Waals surface area contributed by atoms with Crippen LogP contribution in [0.1, 0.15) is 35.8 Å². The lowest BCUT2D eigenvalue weighted by Gasteiger charge is -2.07. The van der Waals surface area contributed by atoms with Gasteiger partial charge in [-0.15, -0.1) is 11.3 Å². The van der Waals surface area contributed by atoms with Crippen LogP contribution in [-0.4, -0.2) is 9.97 Å². The van der Waals surface area contributed by atoms with Gasteiger partial charge in [0.2, 0.25) is 0 Å². The highest BCUT2D eigenvalue weighted by atomic mass is 32.1. The molecule has 102 valence electrons. The van der Waals surface area contributed by atoms with E-state index in [0.717, 1.165) is 37.4 Å². The number of rotatable bonds is 6. The lowest BCUT2D eigenvalue weighted by molar-refractivity contribution is 0.837. The minimum Gasteiger partial charge on any atom is -0.384 e. The molecule has 2 rings (SSSR count). The summed E-state index contributed by atoms with van der Waals surface area (Å²) < 4.78 is 0. The van der Waals surface area contributed by atoms with Gasteiger partial charge in [-0.25, -0.2) is 9.97 Å². The van der Waals surface area contributed by atoms with E-state index in [0.29, 0.717) is 5.82 Å². The summed E-state index contributed by atoms with van der Waals surface area (Å²) in [6, 6.07) is 6.13. The number of nitrogens with zero attached hydrogens (tertiary/aromatic N) is 2. The fourth-order valence-corrected chi connectivity index (χ4v) is 2.73. The third-order valence-electron chi connectivity index (χ3n) is 2.78. The van der Waals surface area contributed by atoms with Crippen LogP contribution >= 0.6 is 11.3 Å². The second-order valence-electron chi connectivity index (χ2n) is 4.42. The molecule has 0 fully saturated rings. The summed E-state index contributed by atoms with van der Waals surface area (Å²) in [5.74, 6) is 2.15. The highest BCUT2D eigenvalue weighted by Crippen LogP contribution is 2.18. The zero-order valence-corrected chi connectivity index (χ0v) is 12.3. The fraction of sp³-hybridized carbons (Fsp3) is 0.429. The molecule has 4 nitrogen and oxygen atoms in total. The Labute approximate surface area is 118 Å². The van der Waals surface area contributed by atoms with Gasteiger partial charge in [0.15, 0.2) is 0 Å². The van der Waals surface area contributed by atoms with E-state index in [9.17, 15) is 0 Å². The molecule has 0 saturated heterocycles. The van der Waals surface area contributed by atoms with E-state index in [-0.39, 0.29) is 0 Å². The van der Waals surface area contributed by atoms with Crippen LogP contribution in [-0.2, 0) is 19.4 Å². The maximum Gasteiger partial charge on any atom is 0.133 e. The van der Waals surface area contributed by atoms with Gasteiger partial charge in [-0.05, 0) is 25.0 Å². The van der Waals surface area contributed by atoms with Gasteiger partial charge >= 0.3 is 0 Å². The molecule has 0 spiro atoms. The molecule has 2 heterocycles. The second kappa shape index (κ2) is 6.52. The Hall–Kier alpha value is -1.62. The van der Waals surface area contributed by atoms with Crippen LogP contribution in [0.2, 0.25) is 0 Å². The van der Waals surface area contributed by atoms with E-state index in [1.165, 1.54) is 9.75 Å². The number of nitrogens with two attached hydrogens (primary N) is 1. The molecule has 0 atom stereocenters. The number of nitrogens with one attached hydrogen (secondary N) is 1. The van der Waals surface area contributed by atoms with Crippen molar-refractivity contribution in [3.8, 4) is 0 Å². The molecule has 3 N–H and O–H groups in total. The molecule has 0 aliphatic heterocycles. The first-order valence-electron chi connectivity index (χ1n) is 6.66. The maximum absolute atomic E-state index is 5.80. The minimum absolute atomic E-state index is 0.529. The van der Waals surface area contributed by atoms with E-state index in [2.05, 4.69) is 41.3 Å². The molecule has 0 unspecified atom stereocenters. The van der Waals surface area contributed by atoms with E-state index in [1.54, 1.807) is 6.07 Å². The Kier molecular flexibility index (Phi) is 4.74. The quantitative estimate of drug-likeness (QED) is 0.850. The first-order valence-corrected chi connectivity index (χ1v) is 7.47. The zero-order valence-electron chi connectivity index (χ0n) is 11.4. The molecule has 0 aromatic carbocycles. The van der Waals surface area contributed by atoms with Crippen molar-refractivity contribution >= 4 is 23.0 Å². The highest BCUT2D eigenvalue weighted by Gasteiger charge is 2.03. The van der Waals surface area contributed by atoms with Crippen LogP contribution in [0.4, 0.5) is 11.6 Å². The van der Waals surface area contributed by atoms with Crippen molar-refractivity contribution in [2.24, 2.45) is 0 Å². The molecule has 0 saturated carbocycles. The minimum atomic E-state index is 0.529. The van der Waals surface area contributed by atoms with Crippen LogP contribution in [0.3, 0.4) is 0 Å². The van der Waals surface area contributed by atoms with Crippen LogP contribution in [0.5, 0.6) is 0 Å². The Morgan fingerprint density at radius 3 is 2.68 bits per heavy atom. The summed E-state index contributed by atoms with van der Waals surface area (Å²) in [5, 5.41) is 3.32. The predicted molar refractivity (Wildman–Crippen MR) is 81.5 cm³/mol. The molecule has 0 aliphatic carbocycles. The van der Waals surface area contributed by atoms with E-state index < -0.39 is 0 Å². The van der Waals surface area contributed by atoms with E-state index in [4.69, 9.17) is 5.73 Å². The second-order valence-corrected chi connectivity index (χ2v) is 5.67. The van der Waals surface area contributed by atoms with Crippen molar-refractivity contribution in [2.75, 3.05) is 11.1 Å². The van der Waals surface area contributed by atoms with Gasteiger partial charge in [-0.3, -0.25) is 0 Å². The van der Waals surface area contributed by atoms with E-state index in [1.807, 2.05) is 11.3 Å². The molecule has 2 aromatic rings. The molecule has 0 aliphatic rings. The van der Waals surface area contributed by atoms with Crippen LogP contribution in [0.15, 0.2) is 18.2 Å². The number of thiophene rings is 1. The smallest absolute Gasteiger partial charge is 0.133 e. The fourth-order valence-electron chi connectivity index (χ4n) is 1.83. The van der Waals surface area contributed by atoms with Gasteiger partial charge in [-0.2, -0.15) is 0 Å². The number of nitrogen functional groups attached to an aromatic ring is 1. The lowest BCUT2D eigenvalue weighted by Crippen LogP contribution is -2.05. The Morgan fingerprint density at radius 2 is 2.00 bits per heavy atom. The largest absolute Gasteiger partial charge is 0.384 e. The molecule has 0 amide bonds. The number of aryl methyl sites for hydroxylation is 2. The predicted octanol–water partition coefficient (Wildman–Crippen LogP) is 3.25. The van der Waals surface area contributed by atoms with Crippen molar-refractivity contribution in [3.63, 3.8) is 0 Å². The van der Waals surface area contributed by atoms with Gasteiger partial charge < -0.3 is 11.1 Å². The third-order valence-corrected chi connectivity index (χ3v) is 4.00. The van der Waals surface area contributed by atoms with Gasteiger partial charge in [-0.1, -0.05) is 13.8 Å². The van der Waals surface area contributed by atoms with Gasteiger partial charge in [0.25, 0.3) is 0 Å². The summed E-state index contributed by atoms with van der Waals surface area (Å²) in [7, 11) is 0. The average Bonchev–Trinajstić information content (AvgIpc) is 2.84. The monoisotopic (exact) mass is 276 g/mol. The van der Waals surface area contributed by atoms with Crippen molar-refractivity contribution in [3.05, 3.63) is 33.8 Å². The van der Waals surface area contributed by atoms with Gasteiger partial charge in [0.1, 0.15) is 17.5 Å². The third kappa shape index (κ3) is 3.92. The van der Waals surface area contributed by atoms with Crippen molar-refractivity contribution in [1.29, 1.82) is 0 Å². The number of hydrogen-bond acceptors (Lipinski definition) is 5. The summed E-state index contributed by atoms with van der Waals surface area (Å²) in [4.78, 5) is 11.4. The molecular weight excluding hydrogens is 256 g/mol. The Morgan fingerprint density at radius 1 is 1.21 bits per heavy atom. The summed E-state index contributed by atoms with van der Waals surface area (Å²) >= 11 is 1.83. The number of hydrogen-bond donors (Lipinski definition) is 2. The van der Waals surface area contributed by atoms with Gasteiger partial charge in [0, 0.05) is 22.2 Å². The highest BCUT2D eigenvalue weighted by molar-refractivity contribution is 7.12. The topological polar surface area (TPSA) is 63.8 Å². The molecule has 19 heavy (non-hydrogen) atoms. The maximum atomic E-state index is 5.80. The molecular formula is C14H20N4S. The first kappa shape index (κ1) is 13.8. The normalized spacial score (nSPS) is 10.6. The molecule has 2 aromatic heterocycles. The van der Waals surface area contributed by atoms with Gasteiger partial charge in [0.05, 0.1) is 6.54 Å². The number of anilines is 2. The van der Waals surface area contributed by atoms with Crippen molar-refractivity contribution < 1.29 is 0 Å². The molecule has 0 bridgehead atoms. The average molecular weight is 276 g/mol. The lowest BCUT2D eigenvalue weighted by atomic mass is 10.3. The Balaban J connectivity index is 2.02. The molecule has 0 radical (unpaired) electrons. The van der Waals surface area contributed by atoms with Crippen molar-refractivity contribution in [2.45, 2.75) is 39.7 Å². The summed E-state index contributed by atoms with van der Waals surface area (Å²) in [6.45, 7) is 5.06.